The smallest absolute Gasteiger partial charge is 0.266 e. The summed E-state index contributed by atoms with van der Waals surface area (Å²) in [6.07, 6.45) is -3.02. The minimum Gasteiger partial charge on any atom is -0.351 e. The molecule has 0 unspecified atom stereocenters. The monoisotopic (exact) mass is 514 g/mol. The van der Waals surface area contributed by atoms with Crippen LogP contribution >= 0.6 is 11.8 Å². The standard InChI is InChI=1S/C19H17F3N6O4S2/c20-14-6-3-11(9-13(14)16(21)22)26-17(23)15-19(28-32-27-15)33-8-7-25-18(29)10-1-4-12(5-2-10)34(24,30)31/h1-6,9,16H,7-8H2,(H2,23,26)(H,25,29)(H2,24,30,31). The molecule has 2 aromatic carbocycles. The van der Waals surface area contributed by atoms with Crippen LogP contribution in [0, 0.1) is 11.2 Å². The van der Waals surface area contributed by atoms with Crippen LogP contribution in [0.3, 0.4) is 0 Å². The highest BCUT2D eigenvalue weighted by Crippen LogP contribution is 2.26. The van der Waals surface area contributed by atoms with Crippen molar-refractivity contribution in [2.24, 2.45) is 5.14 Å². The summed E-state index contributed by atoms with van der Waals surface area (Å²) in [5.41, 5.74) is -0.519. The lowest BCUT2D eigenvalue weighted by atomic mass is 10.2. The first-order valence-electron chi connectivity index (χ1n) is 9.36. The number of nitrogens with zero attached hydrogens (tertiary/aromatic N) is 2. The van der Waals surface area contributed by atoms with Crippen LogP contribution in [0.15, 0.2) is 57.0 Å². The molecule has 0 aliphatic rings. The van der Waals surface area contributed by atoms with Gasteiger partial charge in [0, 0.05) is 23.5 Å². The summed E-state index contributed by atoms with van der Waals surface area (Å²) >= 11 is 1.11. The maximum absolute atomic E-state index is 13.4. The number of amidine groups is 1. The Morgan fingerprint density at radius 3 is 2.53 bits per heavy atom. The van der Waals surface area contributed by atoms with Crippen molar-refractivity contribution in [3.8, 4) is 0 Å². The van der Waals surface area contributed by atoms with Crippen LogP contribution in [-0.2, 0) is 10.0 Å². The minimum absolute atomic E-state index is 0.00201. The highest BCUT2D eigenvalue weighted by Gasteiger charge is 2.18. The van der Waals surface area contributed by atoms with Gasteiger partial charge in [0.1, 0.15) is 5.82 Å². The summed E-state index contributed by atoms with van der Waals surface area (Å²) < 4.78 is 66.3. The third kappa shape index (κ3) is 6.33. The number of primary sulfonamides is 1. The van der Waals surface area contributed by atoms with E-state index in [1.54, 1.807) is 0 Å². The zero-order valence-corrected chi connectivity index (χ0v) is 18.7. The molecule has 1 aromatic heterocycles. The average Bonchev–Trinajstić information content (AvgIpc) is 3.26. The first kappa shape index (κ1) is 25.2. The molecule has 10 nitrogen and oxygen atoms in total. The van der Waals surface area contributed by atoms with Gasteiger partial charge in [-0.3, -0.25) is 10.2 Å². The van der Waals surface area contributed by atoms with E-state index in [2.05, 4.69) is 25.6 Å². The van der Waals surface area contributed by atoms with Gasteiger partial charge >= 0.3 is 0 Å². The average molecular weight is 515 g/mol. The fourth-order valence-corrected chi connectivity index (χ4v) is 3.91. The van der Waals surface area contributed by atoms with Crippen molar-refractivity contribution in [2.45, 2.75) is 16.3 Å². The number of nitrogens with two attached hydrogens (primary N) is 1. The van der Waals surface area contributed by atoms with Crippen LogP contribution in [0.25, 0.3) is 0 Å². The molecule has 1 amide bonds. The number of nitrogens with one attached hydrogen (secondary N) is 3. The number of alkyl halides is 2. The van der Waals surface area contributed by atoms with Crippen LogP contribution < -0.4 is 15.8 Å². The van der Waals surface area contributed by atoms with E-state index in [-0.39, 0.29) is 39.2 Å². The third-order valence-corrected chi connectivity index (χ3v) is 6.15. The Morgan fingerprint density at radius 1 is 1.18 bits per heavy atom. The number of aromatic nitrogens is 2. The Kier molecular flexibility index (Phi) is 7.90. The molecule has 0 bridgehead atoms. The predicted molar refractivity (Wildman–Crippen MR) is 117 cm³/mol. The molecule has 0 saturated heterocycles. The highest BCUT2D eigenvalue weighted by atomic mass is 32.2. The lowest BCUT2D eigenvalue weighted by molar-refractivity contribution is 0.0956. The van der Waals surface area contributed by atoms with Gasteiger partial charge in [-0.05, 0) is 52.8 Å². The third-order valence-electron chi connectivity index (χ3n) is 4.27. The molecular weight excluding hydrogens is 497 g/mol. The second-order valence-corrected chi connectivity index (χ2v) is 9.27. The van der Waals surface area contributed by atoms with E-state index in [0.29, 0.717) is 5.75 Å². The molecule has 0 spiro atoms. The van der Waals surface area contributed by atoms with Crippen LogP contribution in [0.1, 0.15) is 28.0 Å². The van der Waals surface area contributed by atoms with Crippen molar-refractivity contribution in [3.63, 3.8) is 0 Å². The van der Waals surface area contributed by atoms with Gasteiger partial charge in [0.05, 0.1) is 10.5 Å². The molecular formula is C19H17F3N6O4S2. The van der Waals surface area contributed by atoms with Crippen molar-refractivity contribution < 1.29 is 31.0 Å². The molecule has 34 heavy (non-hydrogen) atoms. The molecule has 3 aromatic rings. The van der Waals surface area contributed by atoms with Crippen LogP contribution in [-0.4, -0.2) is 42.8 Å². The number of hydrogen-bond donors (Lipinski definition) is 4. The van der Waals surface area contributed by atoms with Crippen molar-refractivity contribution >= 4 is 39.2 Å². The summed E-state index contributed by atoms with van der Waals surface area (Å²) in [6, 6.07) is 8.03. The largest absolute Gasteiger partial charge is 0.351 e. The summed E-state index contributed by atoms with van der Waals surface area (Å²) in [6.45, 7) is 0.184. The first-order valence-corrected chi connectivity index (χ1v) is 11.9. The molecule has 3 rings (SSSR count). The fourth-order valence-electron chi connectivity index (χ4n) is 2.63. The maximum atomic E-state index is 13.4. The summed E-state index contributed by atoms with van der Waals surface area (Å²) in [4.78, 5) is 12.1. The Bertz CT molecular complexity index is 1300. The zero-order valence-electron chi connectivity index (χ0n) is 17.1. The molecule has 0 fully saturated rings. The van der Waals surface area contributed by atoms with Crippen LogP contribution in [0.5, 0.6) is 0 Å². The number of thioether (sulfide) groups is 1. The van der Waals surface area contributed by atoms with Gasteiger partial charge in [-0.25, -0.2) is 31.4 Å². The van der Waals surface area contributed by atoms with Gasteiger partial charge < -0.3 is 10.6 Å². The highest BCUT2D eigenvalue weighted by molar-refractivity contribution is 7.99. The molecule has 0 aliphatic carbocycles. The number of carbonyl (C=O) groups excluding carboxylic acids is 1. The van der Waals surface area contributed by atoms with Crippen LogP contribution in [0.2, 0.25) is 0 Å². The maximum Gasteiger partial charge on any atom is 0.266 e. The Balaban J connectivity index is 1.54. The predicted octanol–water partition coefficient (Wildman–Crippen LogP) is 2.75. The molecule has 0 saturated carbocycles. The lowest BCUT2D eigenvalue weighted by Crippen LogP contribution is -2.26. The second kappa shape index (κ2) is 10.7. The van der Waals surface area contributed by atoms with E-state index in [4.69, 9.17) is 10.5 Å². The van der Waals surface area contributed by atoms with Gasteiger partial charge in [-0.2, -0.15) is 0 Å². The van der Waals surface area contributed by atoms with Gasteiger partial charge in [0.25, 0.3) is 12.3 Å². The first-order chi connectivity index (χ1) is 16.1. The van der Waals surface area contributed by atoms with E-state index in [9.17, 15) is 26.4 Å². The molecule has 0 radical (unpaired) electrons. The number of carbonyl (C=O) groups is 1. The Morgan fingerprint density at radius 2 is 1.88 bits per heavy atom. The van der Waals surface area contributed by atoms with Crippen molar-refractivity contribution in [3.05, 3.63) is 65.1 Å². The van der Waals surface area contributed by atoms with Gasteiger partial charge in [-0.15, -0.1) is 0 Å². The van der Waals surface area contributed by atoms with Crippen molar-refractivity contribution in [1.82, 2.24) is 15.6 Å². The summed E-state index contributed by atoms with van der Waals surface area (Å²) in [5.74, 6) is -1.51. The number of benzene rings is 2. The van der Waals surface area contributed by atoms with E-state index in [0.717, 1.165) is 23.9 Å². The Labute approximate surface area is 195 Å². The van der Waals surface area contributed by atoms with Crippen LogP contribution in [0.4, 0.5) is 18.9 Å². The van der Waals surface area contributed by atoms with Crippen molar-refractivity contribution in [1.29, 1.82) is 5.41 Å². The normalized spacial score (nSPS) is 11.4. The van der Waals surface area contributed by atoms with E-state index >= 15 is 0 Å². The molecule has 0 aliphatic heterocycles. The molecule has 180 valence electrons. The van der Waals surface area contributed by atoms with Crippen molar-refractivity contribution in [2.75, 3.05) is 17.6 Å². The molecule has 5 N–H and O–H groups in total. The summed E-state index contributed by atoms with van der Waals surface area (Å²) in [7, 11) is -3.86. The SMILES string of the molecule is N=C(Nc1ccc(F)c(C(F)F)c1)c1nonc1SCCNC(=O)c1ccc(S(N)(=O)=O)cc1. The Hall–Kier alpha value is -3.43. The molecule has 15 heteroatoms. The zero-order chi connectivity index (χ0) is 24.9. The number of amides is 1. The number of sulfonamides is 1. The minimum atomic E-state index is -3.86. The number of rotatable bonds is 9. The van der Waals surface area contributed by atoms with Gasteiger partial charge in [-0.1, -0.05) is 11.8 Å². The molecule has 1 heterocycles. The van der Waals surface area contributed by atoms with Gasteiger partial charge in [0.15, 0.2) is 16.6 Å². The van der Waals surface area contributed by atoms with E-state index < -0.39 is 33.7 Å². The van der Waals surface area contributed by atoms with E-state index in [1.807, 2.05) is 0 Å². The topological polar surface area (TPSA) is 164 Å². The second-order valence-electron chi connectivity index (χ2n) is 6.63. The fraction of sp³-hybridized carbons (Fsp3) is 0.158. The van der Waals surface area contributed by atoms with E-state index in [1.165, 1.54) is 30.3 Å². The lowest BCUT2D eigenvalue weighted by Gasteiger charge is -2.09. The number of anilines is 1. The number of halogens is 3. The number of hydrogen-bond acceptors (Lipinski definition) is 8. The summed E-state index contributed by atoms with van der Waals surface area (Å²) in [5, 5.41) is 25.8. The molecule has 0 atom stereocenters. The van der Waals surface area contributed by atoms with Gasteiger partial charge in [0.2, 0.25) is 10.0 Å². The quantitative estimate of drug-likeness (QED) is 0.147.